The highest BCUT2D eigenvalue weighted by Crippen LogP contribution is 2.34. The monoisotopic (exact) mass is 358 g/mol. The average Bonchev–Trinajstić information content (AvgIpc) is 3.24. The molecule has 1 saturated heterocycles. The van der Waals surface area contributed by atoms with Gasteiger partial charge in [-0.2, -0.15) is 0 Å². The van der Waals surface area contributed by atoms with E-state index in [4.69, 9.17) is 13.9 Å². The van der Waals surface area contributed by atoms with Gasteiger partial charge in [-0.05, 0) is 48.2 Å². The highest BCUT2D eigenvalue weighted by molar-refractivity contribution is 8.18. The van der Waals surface area contributed by atoms with Crippen molar-refractivity contribution in [1.29, 1.82) is 0 Å². The molecular formula is C18H18N2O4S. The zero-order chi connectivity index (χ0) is 17.6. The van der Waals surface area contributed by atoms with Crippen molar-refractivity contribution in [3.8, 4) is 5.75 Å². The number of aliphatic imine (C=N–C) groups is 1. The van der Waals surface area contributed by atoms with E-state index in [1.165, 1.54) is 11.8 Å². The van der Waals surface area contributed by atoms with Crippen LogP contribution < -0.4 is 4.74 Å². The Morgan fingerprint density at radius 3 is 2.68 bits per heavy atom. The lowest BCUT2D eigenvalue weighted by atomic mass is 10.3. The first kappa shape index (κ1) is 17.3. The Bertz CT molecular complexity index is 782. The Morgan fingerprint density at radius 1 is 1.24 bits per heavy atom. The number of thioether (sulfide) groups is 1. The summed E-state index contributed by atoms with van der Waals surface area (Å²) in [5.41, 5.74) is 0.748. The molecule has 1 aliphatic rings. The third kappa shape index (κ3) is 4.12. The molecule has 0 atom stereocenters. The van der Waals surface area contributed by atoms with E-state index in [1.54, 1.807) is 43.6 Å². The van der Waals surface area contributed by atoms with Crippen molar-refractivity contribution in [2.24, 2.45) is 4.99 Å². The summed E-state index contributed by atoms with van der Waals surface area (Å²) < 4.78 is 15.6. The summed E-state index contributed by atoms with van der Waals surface area (Å²) in [5, 5.41) is 0.616. The molecule has 0 N–H and O–H groups in total. The number of hydrogen-bond acceptors (Lipinski definition) is 6. The maximum Gasteiger partial charge on any atom is 0.266 e. The van der Waals surface area contributed by atoms with E-state index in [0.717, 1.165) is 11.4 Å². The number of amidine groups is 1. The van der Waals surface area contributed by atoms with Crippen molar-refractivity contribution in [3.63, 3.8) is 0 Å². The van der Waals surface area contributed by atoms with Gasteiger partial charge >= 0.3 is 0 Å². The van der Waals surface area contributed by atoms with Gasteiger partial charge in [0, 0.05) is 13.2 Å². The molecule has 0 spiro atoms. The summed E-state index contributed by atoms with van der Waals surface area (Å²) in [4.78, 5) is 19.5. The summed E-state index contributed by atoms with van der Waals surface area (Å²) in [5.74, 6) is 1.28. The lowest BCUT2D eigenvalue weighted by molar-refractivity contribution is -0.122. The number of nitrogens with zero attached hydrogens (tertiary/aromatic N) is 2. The molecule has 0 aliphatic carbocycles. The summed E-state index contributed by atoms with van der Waals surface area (Å²) in [7, 11) is 3.22. The molecule has 0 bridgehead atoms. The van der Waals surface area contributed by atoms with Crippen LogP contribution in [-0.4, -0.2) is 43.3 Å². The summed E-state index contributed by atoms with van der Waals surface area (Å²) in [6, 6.07) is 10.9. The van der Waals surface area contributed by atoms with E-state index < -0.39 is 0 Å². The highest BCUT2D eigenvalue weighted by Gasteiger charge is 2.33. The third-order valence-corrected chi connectivity index (χ3v) is 4.53. The van der Waals surface area contributed by atoms with E-state index in [9.17, 15) is 4.79 Å². The van der Waals surface area contributed by atoms with Gasteiger partial charge in [0.15, 0.2) is 5.17 Å². The molecule has 130 valence electrons. The Balaban J connectivity index is 1.88. The summed E-state index contributed by atoms with van der Waals surface area (Å²) in [6.07, 6.45) is 3.30. The fourth-order valence-corrected chi connectivity index (χ4v) is 3.25. The molecule has 25 heavy (non-hydrogen) atoms. The fourth-order valence-electron chi connectivity index (χ4n) is 2.24. The van der Waals surface area contributed by atoms with Gasteiger partial charge in [-0.1, -0.05) is 0 Å². The van der Waals surface area contributed by atoms with Crippen LogP contribution in [0.2, 0.25) is 0 Å². The van der Waals surface area contributed by atoms with Gasteiger partial charge < -0.3 is 13.9 Å². The van der Waals surface area contributed by atoms with Gasteiger partial charge in [0.2, 0.25) is 0 Å². The zero-order valence-corrected chi connectivity index (χ0v) is 14.8. The first-order valence-electron chi connectivity index (χ1n) is 7.68. The molecule has 2 heterocycles. The minimum atomic E-state index is -0.106. The number of hydrogen-bond donors (Lipinski definition) is 0. The van der Waals surface area contributed by atoms with Gasteiger partial charge in [0.05, 0.1) is 37.1 Å². The van der Waals surface area contributed by atoms with E-state index >= 15 is 0 Å². The number of amides is 1. The molecule has 3 rings (SSSR count). The van der Waals surface area contributed by atoms with Crippen molar-refractivity contribution in [2.75, 3.05) is 27.4 Å². The van der Waals surface area contributed by atoms with Gasteiger partial charge in [0.25, 0.3) is 5.91 Å². The quantitative estimate of drug-likeness (QED) is 0.739. The second-order valence-corrected chi connectivity index (χ2v) is 6.18. The van der Waals surface area contributed by atoms with Crippen LogP contribution in [0.3, 0.4) is 0 Å². The maximum atomic E-state index is 12.7. The van der Waals surface area contributed by atoms with E-state index in [2.05, 4.69) is 4.99 Å². The van der Waals surface area contributed by atoms with Crippen LogP contribution >= 0.6 is 11.8 Å². The predicted octanol–water partition coefficient (Wildman–Crippen LogP) is 3.54. The smallest absolute Gasteiger partial charge is 0.266 e. The standard InChI is InChI=1S/C18H18N2O4S/c1-22-11-9-20-17(21)16(12-15-4-3-10-24-15)25-18(20)19-13-5-7-14(23-2)8-6-13/h3-8,10,12H,9,11H2,1-2H3/b16-12-,19-18?. The number of rotatable bonds is 6. The predicted molar refractivity (Wildman–Crippen MR) is 98.0 cm³/mol. The first-order chi connectivity index (χ1) is 12.2. The largest absolute Gasteiger partial charge is 0.497 e. The summed E-state index contributed by atoms with van der Waals surface area (Å²) >= 11 is 1.32. The molecule has 2 aromatic rings. The van der Waals surface area contributed by atoms with Crippen LogP contribution in [0, 0.1) is 0 Å². The molecule has 6 nitrogen and oxygen atoms in total. The van der Waals surface area contributed by atoms with Crippen molar-refractivity contribution in [2.45, 2.75) is 0 Å². The molecule has 7 heteroatoms. The van der Waals surface area contributed by atoms with Crippen molar-refractivity contribution in [1.82, 2.24) is 4.90 Å². The Kier molecular flexibility index (Phi) is 5.57. The number of benzene rings is 1. The van der Waals surface area contributed by atoms with Gasteiger partial charge in [-0.15, -0.1) is 0 Å². The second-order valence-electron chi connectivity index (χ2n) is 5.17. The number of methoxy groups -OCH3 is 2. The number of furan rings is 1. The topological polar surface area (TPSA) is 64.3 Å². The molecule has 0 radical (unpaired) electrons. The molecule has 0 saturated carbocycles. The molecule has 1 fully saturated rings. The minimum Gasteiger partial charge on any atom is -0.497 e. The fraction of sp³-hybridized carbons (Fsp3) is 0.222. The number of ether oxygens (including phenoxy) is 2. The Hall–Kier alpha value is -2.51. The van der Waals surface area contributed by atoms with Crippen LogP contribution in [0.4, 0.5) is 5.69 Å². The van der Waals surface area contributed by atoms with Crippen LogP contribution in [0.5, 0.6) is 5.75 Å². The van der Waals surface area contributed by atoms with E-state index in [-0.39, 0.29) is 5.91 Å². The molecular weight excluding hydrogens is 340 g/mol. The Morgan fingerprint density at radius 2 is 2.04 bits per heavy atom. The normalized spacial score (nSPS) is 17.7. The SMILES string of the molecule is COCCN1C(=O)/C(=C/c2ccco2)SC1=Nc1ccc(OC)cc1. The van der Waals surface area contributed by atoms with Gasteiger partial charge in [0.1, 0.15) is 11.5 Å². The van der Waals surface area contributed by atoms with Gasteiger partial charge in [-0.3, -0.25) is 9.69 Å². The number of carbonyl (C=O) groups is 1. The van der Waals surface area contributed by atoms with Crippen LogP contribution in [0.15, 0.2) is 57.0 Å². The van der Waals surface area contributed by atoms with Crippen LogP contribution in [-0.2, 0) is 9.53 Å². The number of carbonyl (C=O) groups excluding carboxylic acids is 1. The van der Waals surface area contributed by atoms with Crippen molar-refractivity contribution in [3.05, 3.63) is 53.3 Å². The zero-order valence-electron chi connectivity index (χ0n) is 14.0. The molecule has 1 aromatic heterocycles. The van der Waals surface area contributed by atoms with Crippen LogP contribution in [0.1, 0.15) is 5.76 Å². The lowest BCUT2D eigenvalue weighted by Crippen LogP contribution is -2.32. The molecule has 0 unspecified atom stereocenters. The van der Waals surface area contributed by atoms with Crippen molar-refractivity contribution >= 4 is 34.6 Å². The van der Waals surface area contributed by atoms with Crippen LogP contribution in [0.25, 0.3) is 6.08 Å². The van der Waals surface area contributed by atoms with Crippen molar-refractivity contribution < 1.29 is 18.7 Å². The van der Waals surface area contributed by atoms with Gasteiger partial charge in [-0.25, -0.2) is 4.99 Å². The molecule has 1 aliphatic heterocycles. The third-order valence-electron chi connectivity index (χ3n) is 3.52. The first-order valence-corrected chi connectivity index (χ1v) is 8.49. The molecule has 1 amide bonds. The molecule has 1 aromatic carbocycles. The highest BCUT2D eigenvalue weighted by atomic mass is 32.2. The minimum absolute atomic E-state index is 0.106. The average molecular weight is 358 g/mol. The summed E-state index contributed by atoms with van der Waals surface area (Å²) in [6.45, 7) is 0.870. The van der Waals surface area contributed by atoms with E-state index in [0.29, 0.717) is 29.0 Å². The van der Waals surface area contributed by atoms with E-state index in [1.807, 2.05) is 24.3 Å². The Labute approximate surface area is 150 Å². The lowest BCUT2D eigenvalue weighted by Gasteiger charge is -2.14. The second kappa shape index (κ2) is 8.04. The maximum absolute atomic E-state index is 12.7.